The number of nitrogens with one attached hydrogen (secondary N) is 1. The largest absolute Gasteiger partial charge is 0.453 e. The molecule has 2 amide bonds. The van der Waals surface area contributed by atoms with E-state index in [1.54, 1.807) is 74.5 Å². The summed E-state index contributed by atoms with van der Waals surface area (Å²) in [5, 5.41) is 13.9. The van der Waals surface area contributed by atoms with Gasteiger partial charge in [-0.3, -0.25) is 9.59 Å². The molecule has 0 saturated carbocycles. The molecule has 0 saturated heterocycles. The molecule has 0 fully saturated rings. The molecule has 2 N–H and O–H groups in total. The molecule has 0 atom stereocenters. The summed E-state index contributed by atoms with van der Waals surface area (Å²) in [5.41, 5.74) is -1.39. The number of esters is 1. The fraction of sp³-hybridized carbons (Fsp3) is 0.318. The number of hydrogen-bond donors (Lipinski definition) is 2. The number of rotatable bonds is 9. The molecule has 154 valence electrons. The van der Waals surface area contributed by atoms with Crippen LogP contribution in [0.3, 0.4) is 0 Å². The van der Waals surface area contributed by atoms with Crippen LogP contribution in [-0.2, 0) is 24.7 Å². The zero-order valence-corrected chi connectivity index (χ0v) is 16.6. The maximum Gasteiger partial charge on any atom is 0.348 e. The lowest BCUT2D eigenvalue weighted by molar-refractivity contribution is -0.166. The topological polar surface area (TPSA) is 95.9 Å². The highest BCUT2D eigenvalue weighted by Gasteiger charge is 2.42. The molecule has 0 spiro atoms. The Hall–Kier alpha value is -3.19. The molecule has 0 radical (unpaired) electrons. The van der Waals surface area contributed by atoms with Crippen molar-refractivity contribution in [3.05, 3.63) is 71.8 Å². The molecule has 0 aromatic heterocycles. The van der Waals surface area contributed by atoms with Gasteiger partial charge in [-0.25, -0.2) is 4.79 Å². The van der Waals surface area contributed by atoms with E-state index < -0.39 is 24.1 Å². The van der Waals surface area contributed by atoms with E-state index in [9.17, 15) is 19.5 Å². The average Bonchev–Trinajstić information content (AvgIpc) is 2.76. The molecule has 29 heavy (non-hydrogen) atoms. The standard InChI is InChI=1S/C22H26N2O5/c1-3-23-19(25)15-24(4-2)20(26)16-29-21(27)22(28,17-11-7-5-8-12-17)18-13-9-6-10-14-18/h5-14,28H,3-4,15-16H2,1-2H3,(H,23,25). The number of hydrogen-bond acceptors (Lipinski definition) is 5. The van der Waals surface area contributed by atoms with Gasteiger partial charge in [0, 0.05) is 13.1 Å². The van der Waals surface area contributed by atoms with Gasteiger partial charge in [0.05, 0.1) is 6.54 Å². The second kappa shape index (κ2) is 10.4. The van der Waals surface area contributed by atoms with Gasteiger partial charge in [-0.2, -0.15) is 0 Å². The molecule has 0 unspecified atom stereocenters. The zero-order chi connectivity index (χ0) is 21.3. The first kappa shape index (κ1) is 22.1. The third-order valence-corrected chi connectivity index (χ3v) is 4.45. The summed E-state index contributed by atoms with van der Waals surface area (Å²) in [6, 6.07) is 16.8. The Morgan fingerprint density at radius 2 is 1.48 bits per heavy atom. The van der Waals surface area contributed by atoms with E-state index in [0.29, 0.717) is 17.7 Å². The fourth-order valence-corrected chi connectivity index (χ4v) is 2.89. The SMILES string of the molecule is CCNC(=O)CN(CC)C(=O)COC(=O)C(O)(c1ccccc1)c1ccccc1. The minimum atomic E-state index is -2.06. The van der Waals surface area contributed by atoms with Gasteiger partial charge in [0.1, 0.15) is 0 Å². The Balaban J connectivity index is 2.17. The highest BCUT2D eigenvalue weighted by Crippen LogP contribution is 2.31. The lowest BCUT2D eigenvalue weighted by atomic mass is 9.86. The Kier molecular flexibility index (Phi) is 7.91. The van der Waals surface area contributed by atoms with Gasteiger partial charge in [0.15, 0.2) is 6.61 Å². The predicted octanol–water partition coefficient (Wildman–Crippen LogP) is 1.45. The van der Waals surface area contributed by atoms with Crippen LogP contribution in [-0.4, -0.2) is 54.0 Å². The van der Waals surface area contributed by atoms with E-state index in [4.69, 9.17) is 4.74 Å². The summed E-state index contributed by atoms with van der Waals surface area (Å²) in [5.74, 6) is -1.77. The lowest BCUT2D eigenvalue weighted by Gasteiger charge is -2.27. The van der Waals surface area contributed by atoms with Crippen molar-refractivity contribution < 1.29 is 24.2 Å². The van der Waals surface area contributed by atoms with Crippen LogP contribution in [0.4, 0.5) is 0 Å². The Morgan fingerprint density at radius 1 is 0.966 bits per heavy atom. The number of amides is 2. The number of ether oxygens (including phenoxy) is 1. The number of carbonyl (C=O) groups excluding carboxylic acids is 3. The van der Waals surface area contributed by atoms with Crippen molar-refractivity contribution >= 4 is 17.8 Å². The van der Waals surface area contributed by atoms with Crippen LogP contribution < -0.4 is 5.32 Å². The van der Waals surface area contributed by atoms with Crippen LogP contribution in [0.15, 0.2) is 60.7 Å². The van der Waals surface area contributed by atoms with Crippen molar-refractivity contribution in [2.45, 2.75) is 19.4 Å². The second-order valence-electron chi connectivity index (χ2n) is 6.38. The van der Waals surface area contributed by atoms with Crippen LogP contribution in [0.25, 0.3) is 0 Å². The fourth-order valence-electron chi connectivity index (χ4n) is 2.89. The maximum atomic E-state index is 12.9. The average molecular weight is 398 g/mol. The number of nitrogens with zero attached hydrogens (tertiary/aromatic N) is 1. The van der Waals surface area contributed by atoms with Crippen molar-refractivity contribution in [3.8, 4) is 0 Å². The molecular formula is C22H26N2O5. The monoisotopic (exact) mass is 398 g/mol. The molecule has 0 bridgehead atoms. The van der Waals surface area contributed by atoms with E-state index in [-0.39, 0.29) is 19.0 Å². The molecule has 2 aromatic carbocycles. The minimum absolute atomic E-state index is 0.123. The minimum Gasteiger partial charge on any atom is -0.453 e. The summed E-state index contributed by atoms with van der Waals surface area (Å²) < 4.78 is 5.19. The van der Waals surface area contributed by atoms with Gasteiger partial charge in [0.2, 0.25) is 11.5 Å². The van der Waals surface area contributed by atoms with Crippen LogP contribution in [0.1, 0.15) is 25.0 Å². The highest BCUT2D eigenvalue weighted by molar-refractivity contribution is 5.89. The van der Waals surface area contributed by atoms with E-state index in [1.165, 1.54) is 4.90 Å². The van der Waals surface area contributed by atoms with Gasteiger partial charge in [-0.1, -0.05) is 60.7 Å². The van der Waals surface area contributed by atoms with E-state index >= 15 is 0 Å². The summed E-state index contributed by atoms with van der Waals surface area (Å²) in [4.78, 5) is 38.3. The first-order valence-electron chi connectivity index (χ1n) is 9.48. The van der Waals surface area contributed by atoms with Crippen LogP contribution in [0.2, 0.25) is 0 Å². The van der Waals surface area contributed by atoms with Crippen molar-refractivity contribution in [1.82, 2.24) is 10.2 Å². The molecule has 0 aliphatic rings. The van der Waals surface area contributed by atoms with Crippen LogP contribution in [0, 0.1) is 0 Å². The van der Waals surface area contributed by atoms with Crippen molar-refractivity contribution in [2.24, 2.45) is 0 Å². The second-order valence-corrected chi connectivity index (χ2v) is 6.38. The van der Waals surface area contributed by atoms with Gasteiger partial charge in [-0.05, 0) is 25.0 Å². The Labute approximate surface area is 170 Å². The van der Waals surface area contributed by atoms with Gasteiger partial charge < -0.3 is 20.1 Å². The quantitative estimate of drug-likeness (QED) is 0.624. The molecular weight excluding hydrogens is 372 g/mol. The summed E-state index contributed by atoms with van der Waals surface area (Å²) in [7, 11) is 0. The first-order valence-corrected chi connectivity index (χ1v) is 9.48. The third kappa shape index (κ3) is 5.42. The molecule has 7 heteroatoms. The summed E-state index contributed by atoms with van der Waals surface area (Å²) >= 11 is 0. The number of likely N-dealkylation sites (N-methyl/N-ethyl adjacent to an activating group) is 2. The van der Waals surface area contributed by atoms with E-state index in [0.717, 1.165) is 0 Å². The van der Waals surface area contributed by atoms with Crippen molar-refractivity contribution in [2.75, 3.05) is 26.2 Å². The molecule has 2 rings (SSSR count). The lowest BCUT2D eigenvalue weighted by Crippen LogP contribution is -2.44. The van der Waals surface area contributed by atoms with E-state index in [1.807, 2.05) is 0 Å². The first-order chi connectivity index (χ1) is 13.9. The highest BCUT2D eigenvalue weighted by atomic mass is 16.6. The maximum absolute atomic E-state index is 12.9. The van der Waals surface area contributed by atoms with Crippen molar-refractivity contribution in [1.29, 1.82) is 0 Å². The van der Waals surface area contributed by atoms with Crippen LogP contribution >= 0.6 is 0 Å². The van der Waals surface area contributed by atoms with Crippen LogP contribution in [0.5, 0.6) is 0 Å². The molecule has 0 aliphatic carbocycles. The molecule has 0 aliphatic heterocycles. The number of aliphatic hydroxyl groups is 1. The molecule has 0 heterocycles. The van der Waals surface area contributed by atoms with Crippen molar-refractivity contribution in [3.63, 3.8) is 0 Å². The smallest absolute Gasteiger partial charge is 0.348 e. The summed E-state index contributed by atoms with van der Waals surface area (Å²) in [6.07, 6.45) is 0. The van der Waals surface area contributed by atoms with E-state index in [2.05, 4.69) is 5.32 Å². The molecule has 7 nitrogen and oxygen atoms in total. The predicted molar refractivity (Wildman–Crippen MR) is 108 cm³/mol. The van der Waals surface area contributed by atoms with Gasteiger partial charge in [0.25, 0.3) is 5.91 Å². The van der Waals surface area contributed by atoms with Gasteiger partial charge >= 0.3 is 5.97 Å². The molecule has 2 aromatic rings. The number of benzene rings is 2. The zero-order valence-electron chi connectivity index (χ0n) is 16.6. The number of carbonyl (C=O) groups is 3. The normalized spacial score (nSPS) is 10.9. The third-order valence-electron chi connectivity index (χ3n) is 4.45. The summed E-state index contributed by atoms with van der Waals surface area (Å²) in [6.45, 7) is 3.56. The van der Waals surface area contributed by atoms with Gasteiger partial charge in [-0.15, -0.1) is 0 Å². The Bertz CT molecular complexity index is 784. The Morgan fingerprint density at radius 3 is 1.93 bits per heavy atom.